The minimum absolute atomic E-state index is 0.0364. The fourth-order valence-electron chi connectivity index (χ4n) is 9.72. The van der Waals surface area contributed by atoms with E-state index < -0.39 is 0 Å². The maximum Gasteiger partial charge on any atom is 0.111 e. The molecule has 2 N–H and O–H groups in total. The lowest BCUT2D eigenvalue weighted by Crippen LogP contribution is -2.39. The Morgan fingerprint density at radius 1 is 0.963 bits per heavy atom. The summed E-state index contributed by atoms with van der Waals surface area (Å²) in [7, 11) is 2.09. The molecule has 4 heteroatoms. The Bertz CT molecular complexity index is 2210. The minimum Gasteiger partial charge on any atom is -0.374 e. The highest BCUT2D eigenvalue weighted by Crippen LogP contribution is 2.73. The lowest BCUT2D eigenvalue weighted by atomic mass is 9.82. The van der Waals surface area contributed by atoms with Crippen LogP contribution in [0.5, 0.6) is 0 Å². The zero-order valence-corrected chi connectivity index (χ0v) is 31.9. The molecule has 2 heterocycles. The summed E-state index contributed by atoms with van der Waals surface area (Å²) in [5.74, 6) is 2.16. The van der Waals surface area contributed by atoms with Gasteiger partial charge >= 0.3 is 0 Å². The van der Waals surface area contributed by atoms with Gasteiger partial charge in [0, 0.05) is 65.4 Å². The zero-order chi connectivity index (χ0) is 36.6. The number of anilines is 1. The van der Waals surface area contributed by atoms with E-state index in [4.69, 9.17) is 0 Å². The highest BCUT2D eigenvalue weighted by Gasteiger charge is 2.66. The van der Waals surface area contributed by atoms with Crippen molar-refractivity contribution < 1.29 is 0 Å². The fraction of sp³-hybridized carbons (Fsp3) is 0.280. The second kappa shape index (κ2) is 14.5. The van der Waals surface area contributed by atoms with Crippen molar-refractivity contribution in [3.63, 3.8) is 0 Å². The Kier molecular flexibility index (Phi) is 9.24. The Balaban J connectivity index is 1.11. The van der Waals surface area contributed by atoms with Crippen LogP contribution in [0.25, 0.3) is 11.1 Å². The van der Waals surface area contributed by atoms with Crippen molar-refractivity contribution in [1.29, 1.82) is 0 Å². The van der Waals surface area contributed by atoms with Crippen LogP contribution in [0, 0.1) is 17.3 Å². The van der Waals surface area contributed by atoms with Gasteiger partial charge in [0.1, 0.15) is 5.82 Å². The molecular formula is C50H52N4. The highest BCUT2D eigenvalue weighted by molar-refractivity contribution is 5.86. The molecule has 4 unspecified atom stereocenters. The Hall–Kier alpha value is -5.32. The summed E-state index contributed by atoms with van der Waals surface area (Å²) < 4.78 is 0. The van der Waals surface area contributed by atoms with Gasteiger partial charge in [-0.1, -0.05) is 122 Å². The number of hydrogen-bond acceptors (Lipinski definition) is 4. The summed E-state index contributed by atoms with van der Waals surface area (Å²) in [5.41, 5.74) is 15.1. The molecule has 1 spiro atoms. The standard InChI is InChI=1S/C50H52N4/c1-4-5-8-17-35(2)54-47-25-12-7-11-23-43(47)50-32-44(50)40(27-29-48(50)54)39-26-28-46-42(31-39)38-21-14-13-20-37(30-38)34-53(46)49(51-3)41-22-15-16-24-45(41)52-33-36-18-9-6-10-19-36/h5-6,8-19,21-29,31,37,44-45,51-52H,4,7,20,30,32-34H2,1-3H3/b8-5-,35-17+,49-41+. The van der Waals surface area contributed by atoms with Gasteiger partial charge in [0.15, 0.2) is 0 Å². The SMILES string of the molecule is CC/C=C\C=C(/C)N1C2=CC=C(c3ccc4c(c3)C3=CC=CCC(C3)CN4/C(NC)=C3\C=CC=CC3NCc3ccccc3)C3CC23C2=C1C=CCC=C2. The summed E-state index contributed by atoms with van der Waals surface area (Å²) in [4.78, 5) is 5.12. The number of benzene rings is 2. The lowest BCUT2D eigenvalue weighted by Gasteiger charge is -2.34. The molecule has 2 bridgehead atoms. The average molecular weight is 709 g/mol. The largest absolute Gasteiger partial charge is 0.374 e. The molecule has 9 rings (SSSR count). The second-order valence-electron chi connectivity index (χ2n) is 15.6. The molecule has 7 aliphatic rings. The third-order valence-electron chi connectivity index (χ3n) is 12.3. The molecule has 0 aromatic heterocycles. The summed E-state index contributed by atoms with van der Waals surface area (Å²) in [6.07, 6.45) is 42.4. The van der Waals surface area contributed by atoms with Crippen LogP contribution in [0.2, 0.25) is 0 Å². The first-order valence-corrected chi connectivity index (χ1v) is 20.1. The molecule has 0 saturated heterocycles. The summed E-state index contributed by atoms with van der Waals surface area (Å²) in [5, 5.41) is 7.55. The summed E-state index contributed by atoms with van der Waals surface area (Å²) in [6.45, 7) is 6.23. The maximum absolute atomic E-state index is 3.84. The topological polar surface area (TPSA) is 30.5 Å². The van der Waals surface area contributed by atoms with Crippen molar-refractivity contribution in [3.8, 4) is 0 Å². The number of nitrogens with zero attached hydrogens (tertiary/aromatic N) is 2. The molecule has 4 nitrogen and oxygen atoms in total. The third kappa shape index (κ3) is 5.97. The quantitative estimate of drug-likeness (QED) is 0.254. The van der Waals surface area contributed by atoms with Gasteiger partial charge in [-0.2, -0.15) is 0 Å². The van der Waals surface area contributed by atoms with Crippen molar-refractivity contribution in [3.05, 3.63) is 196 Å². The van der Waals surface area contributed by atoms with Crippen molar-refractivity contribution in [2.45, 2.75) is 58.5 Å². The van der Waals surface area contributed by atoms with Gasteiger partial charge in [0.25, 0.3) is 0 Å². The van der Waals surface area contributed by atoms with Crippen LogP contribution in [0.15, 0.2) is 180 Å². The lowest BCUT2D eigenvalue weighted by molar-refractivity contribution is 0.506. The van der Waals surface area contributed by atoms with E-state index >= 15 is 0 Å². The third-order valence-corrected chi connectivity index (χ3v) is 12.3. The van der Waals surface area contributed by atoms with Crippen LogP contribution >= 0.6 is 0 Å². The molecule has 272 valence electrons. The normalized spacial score (nSPS) is 27.4. The predicted octanol–water partition coefficient (Wildman–Crippen LogP) is 10.8. The number of rotatable bonds is 9. The smallest absolute Gasteiger partial charge is 0.111 e. The van der Waals surface area contributed by atoms with Crippen molar-refractivity contribution in [1.82, 2.24) is 15.5 Å². The van der Waals surface area contributed by atoms with Gasteiger partial charge < -0.3 is 20.4 Å². The Morgan fingerprint density at radius 3 is 2.72 bits per heavy atom. The van der Waals surface area contributed by atoms with Crippen molar-refractivity contribution in [2.24, 2.45) is 17.3 Å². The van der Waals surface area contributed by atoms with Crippen LogP contribution in [-0.2, 0) is 6.54 Å². The average Bonchev–Trinajstić information content (AvgIpc) is 4.01. The Labute approximate surface area is 322 Å². The monoisotopic (exact) mass is 708 g/mol. The molecule has 1 saturated carbocycles. The zero-order valence-electron chi connectivity index (χ0n) is 31.9. The molecular weight excluding hydrogens is 657 g/mol. The van der Waals surface area contributed by atoms with E-state index in [1.807, 2.05) is 0 Å². The van der Waals surface area contributed by atoms with Crippen LogP contribution in [0.3, 0.4) is 0 Å². The van der Waals surface area contributed by atoms with E-state index in [9.17, 15) is 0 Å². The van der Waals surface area contributed by atoms with Crippen LogP contribution in [-0.4, -0.2) is 24.5 Å². The first kappa shape index (κ1) is 34.4. The molecule has 4 atom stereocenters. The maximum atomic E-state index is 3.84. The summed E-state index contributed by atoms with van der Waals surface area (Å²) >= 11 is 0. The van der Waals surface area contributed by atoms with Crippen molar-refractivity contribution >= 4 is 16.8 Å². The molecule has 2 aromatic rings. The van der Waals surface area contributed by atoms with Crippen LogP contribution in [0.4, 0.5) is 5.69 Å². The molecule has 0 radical (unpaired) electrons. The van der Waals surface area contributed by atoms with Gasteiger partial charge in [-0.3, -0.25) is 0 Å². The number of fused-ring (bicyclic) bond motifs is 4. The molecule has 54 heavy (non-hydrogen) atoms. The fourth-order valence-corrected chi connectivity index (χ4v) is 9.72. The number of nitrogens with one attached hydrogen (secondary N) is 2. The minimum atomic E-state index is 0.0364. The first-order chi connectivity index (χ1) is 26.6. The summed E-state index contributed by atoms with van der Waals surface area (Å²) in [6, 6.07) is 18.2. The highest BCUT2D eigenvalue weighted by atomic mass is 15.3. The number of hydrogen-bond donors (Lipinski definition) is 2. The molecule has 2 aromatic carbocycles. The van der Waals surface area contributed by atoms with E-state index in [0.29, 0.717) is 11.8 Å². The van der Waals surface area contributed by atoms with E-state index in [2.05, 4.69) is 187 Å². The van der Waals surface area contributed by atoms with Gasteiger partial charge in [0.2, 0.25) is 0 Å². The predicted molar refractivity (Wildman–Crippen MR) is 227 cm³/mol. The van der Waals surface area contributed by atoms with E-state index in [1.54, 1.807) is 0 Å². The van der Waals surface area contributed by atoms with Gasteiger partial charge in [-0.05, 0) is 103 Å². The molecule has 2 aliphatic heterocycles. The van der Waals surface area contributed by atoms with Crippen LogP contribution < -0.4 is 15.5 Å². The van der Waals surface area contributed by atoms with Gasteiger partial charge in [-0.15, -0.1) is 0 Å². The Morgan fingerprint density at radius 2 is 1.85 bits per heavy atom. The van der Waals surface area contributed by atoms with E-state index in [-0.39, 0.29) is 11.5 Å². The first-order valence-electron chi connectivity index (χ1n) is 20.1. The van der Waals surface area contributed by atoms with Gasteiger partial charge in [-0.25, -0.2) is 0 Å². The second-order valence-corrected chi connectivity index (χ2v) is 15.6. The van der Waals surface area contributed by atoms with E-state index in [0.717, 1.165) is 45.2 Å². The van der Waals surface area contributed by atoms with Crippen molar-refractivity contribution in [2.75, 3.05) is 18.5 Å². The molecule has 0 amide bonds. The molecule has 1 fully saturated rings. The van der Waals surface area contributed by atoms with E-state index in [1.165, 1.54) is 67.6 Å². The number of allylic oxidation sites excluding steroid dienone is 18. The van der Waals surface area contributed by atoms with Crippen LogP contribution in [0.1, 0.15) is 62.6 Å². The molecule has 5 aliphatic carbocycles. The van der Waals surface area contributed by atoms with Gasteiger partial charge in [0.05, 0.1) is 6.04 Å².